The van der Waals surface area contributed by atoms with Crippen molar-refractivity contribution in [2.24, 2.45) is 0 Å². The molecule has 1 aromatic heterocycles. The van der Waals surface area contributed by atoms with Crippen molar-refractivity contribution in [3.05, 3.63) is 28.5 Å². The Kier molecular flexibility index (Phi) is 1.82. The van der Waals surface area contributed by atoms with E-state index in [0.29, 0.717) is 4.64 Å². The van der Waals surface area contributed by atoms with Crippen molar-refractivity contribution in [2.45, 2.75) is 0 Å². The van der Waals surface area contributed by atoms with Gasteiger partial charge in [-0.1, -0.05) is 12.2 Å². The van der Waals surface area contributed by atoms with E-state index in [2.05, 4.69) is 4.98 Å². The summed E-state index contributed by atoms with van der Waals surface area (Å²) >= 11 is 4.70. The number of hydrogen-bond acceptors (Lipinski definition) is 2. The molecule has 52 valence electrons. The fourth-order valence-corrected chi connectivity index (χ4v) is 0.773. The predicted octanol–water partition coefficient (Wildman–Crippen LogP) is 1.44. The second kappa shape index (κ2) is 2.62. The maximum atomic E-state index is 10.3. The molecule has 0 aromatic carbocycles. The van der Waals surface area contributed by atoms with Crippen molar-refractivity contribution < 1.29 is 9.90 Å². The van der Waals surface area contributed by atoms with Gasteiger partial charge in [0.1, 0.15) is 4.64 Å². The zero-order valence-corrected chi connectivity index (χ0v) is 5.81. The van der Waals surface area contributed by atoms with Crippen LogP contribution in [-0.4, -0.2) is 16.1 Å². The van der Waals surface area contributed by atoms with Gasteiger partial charge in [-0.25, -0.2) is 4.79 Å². The highest BCUT2D eigenvalue weighted by Gasteiger charge is 1.98. The molecular formula is C6H5NO2S. The topological polar surface area (TPSA) is 53.1 Å². The second-order valence-corrected chi connectivity index (χ2v) is 2.19. The quantitative estimate of drug-likeness (QED) is 0.603. The van der Waals surface area contributed by atoms with Crippen molar-refractivity contribution in [3.63, 3.8) is 0 Å². The molecule has 0 spiro atoms. The minimum absolute atomic E-state index is 0.212. The minimum atomic E-state index is -0.958. The van der Waals surface area contributed by atoms with Crippen LogP contribution in [-0.2, 0) is 0 Å². The standard InChI is InChI=1S/C6H5NO2S/c8-6(9)4-1-2-7-5(10)3-4/h1-3H,(H,7,10)(H,8,9). The van der Waals surface area contributed by atoms with E-state index in [0.717, 1.165) is 0 Å². The Bertz CT molecular complexity index is 305. The first-order valence-corrected chi connectivity index (χ1v) is 3.03. The Hall–Kier alpha value is -1.16. The number of aromatic nitrogens is 1. The Balaban J connectivity index is 3.20. The fourth-order valence-electron chi connectivity index (χ4n) is 0.578. The maximum absolute atomic E-state index is 10.3. The lowest BCUT2D eigenvalue weighted by Gasteiger charge is -1.89. The molecule has 0 atom stereocenters. The number of aromatic carboxylic acids is 1. The molecule has 1 rings (SSSR count). The van der Waals surface area contributed by atoms with E-state index in [4.69, 9.17) is 17.3 Å². The van der Waals surface area contributed by atoms with Crippen molar-refractivity contribution in [1.82, 2.24) is 4.98 Å². The van der Waals surface area contributed by atoms with E-state index in [1.54, 1.807) is 0 Å². The Labute approximate surface area is 62.3 Å². The van der Waals surface area contributed by atoms with Gasteiger partial charge in [0, 0.05) is 6.20 Å². The molecule has 1 heterocycles. The molecule has 0 bridgehead atoms. The van der Waals surface area contributed by atoms with Gasteiger partial charge in [0.2, 0.25) is 0 Å². The first-order valence-electron chi connectivity index (χ1n) is 2.62. The zero-order chi connectivity index (χ0) is 7.56. The molecular weight excluding hydrogens is 150 g/mol. The second-order valence-electron chi connectivity index (χ2n) is 1.75. The largest absolute Gasteiger partial charge is 0.478 e. The average molecular weight is 155 g/mol. The molecule has 0 aliphatic rings. The van der Waals surface area contributed by atoms with Gasteiger partial charge in [-0.2, -0.15) is 0 Å². The summed E-state index contributed by atoms with van der Waals surface area (Å²) in [5, 5.41) is 8.45. The first kappa shape index (κ1) is 6.95. The summed E-state index contributed by atoms with van der Waals surface area (Å²) < 4.78 is 0.430. The number of H-pyrrole nitrogens is 1. The number of carboxylic acid groups (broad SMARTS) is 1. The van der Waals surface area contributed by atoms with Gasteiger partial charge >= 0.3 is 5.97 Å². The molecule has 0 saturated carbocycles. The van der Waals surface area contributed by atoms with Gasteiger partial charge < -0.3 is 10.1 Å². The molecule has 0 amide bonds. The Morgan fingerprint density at radius 2 is 2.40 bits per heavy atom. The number of nitrogens with one attached hydrogen (secondary N) is 1. The monoisotopic (exact) mass is 155 g/mol. The highest BCUT2D eigenvalue weighted by Crippen LogP contribution is 1.96. The maximum Gasteiger partial charge on any atom is 0.335 e. The molecule has 10 heavy (non-hydrogen) atoms. The van der Waals surface area contributed by atoms with Crippen LogP contribution in [0.5, 0.6) is 0 Å². The van der Waals surface area contributed by atoms with Crippen molar-refractivity contribution in [1.29, 1.82) is 0 Å². The van der Waals surface area contributed by atoms with Gasteiger partial charge in [-0.15, -0.1) is 0 Å². The van der Waals surface area contributed by atoms with Crippen LogP contribution in [0.15, 0.2) is 18.3 Å². The van der Waals surface area contributed by atoms with Gasteiger partial charge in [-0.05, 0) is 12.1 Å². The van der Waals surface area contributed by atoms with E-state index in [-0.39, 0.29) is 5.56 Å². The van der Waals surface area contributed by atoms with E-state index >= 15 is 0 Å². The molecule has 2 N–H and O–H groups in total. The fraction of sp³-hybridized carbons (Fsp3) is 0. The normalized spacial score (nSPS) is 9.20. The molecule has 4 heteroatoms. The summed E-state index contributed by atoms with van der Waals surface area (Å²) in [6, 6.07) is 2.86. The molecule has 0 aliphatic heterocycles. The van der Waals surface area contributed by atoms with E-state index in [1.165, 1.54) is 18.3 Å². The van der Waals surface area contributed by atoms with Crippen LogP contribution in [0, 0.1) is 4.64 Å². The van der Waals surface area contributed by atoms with Gasteiger partial charge in [0.05, 0.1) is 5.56 Å². The number of rotatable bonds is 1. The molecule has 3 nitrogen and oxygen atoms in total. The summed E-state index contributed by atoms with van der Waals surface area (Å²) in [5.74, 6) is -0.958. The lowest BCUT2D eigenvalue weighted by molar-refractivity contribution is 0.0696. The van der Waals surface area contributed by atoms with Crippen LogP contribution in [0.1, 0.15) is 10.4 Å². The van der Waals surface area contributed by atoms with Crippen LogP contribution >= 0.6 is 12.2 Å². The van der Waals surface area contributed by atoms with Gasteiger partial charge in [0.15, 0.2) is 0 Å². The Morgan fingerprint density at radius 1 is 1.70 bits per heavy atom. The van der Waals surface area contributed by atoms with Gasteiger partial charge in [-0.3, -0.25) is 0 Å². The highest BCUT2D eigenvalue weighted by atomic mass is 32.1. The third kappa shape index (κ3) is 1.41. The molecule has 0 fully saturated rings. The van der Waals surface area contributed by atoms with Crippen LogP contribution in [0.4, 0.5) is 0 Å². The third-order valence-corrected chi connectivity index (χ3v) is 1.26. The van der Waals surface area contributed by atoms with Gasteiger partial charge in [0.25, 0.3) is 0 Å². The molecule has 0 saturated heterocycles. The summed E-state index contributed by atoms with van der Waals surface area (Å²) in [4.78, 5) is 13.0. The number of hydrogen-bond donors (Lipinski definition) is 2. The molecule has 0 radical (unpaired) electrons. The summed E-state index contributed by atoms with van der Waals surface area (Å²) in [7, 11) is 0. The molecule has 0 unspecified atom stereocenters. The van der Waals surface area contributed by atoms with Crippen molar-refractivity contribution in [3.8, 4) is 0 Å². The number of carboxylic acids is 1. The summed E-state index contributed by atoms with van der Waals surface area (Å²) in [6.07, 6.45) is 1.51. The van der Waals surface area contributed by atoms with Crippen molar-refractivity contribution in [2.75, 3.05) is 0 Å². The number of carbonyl (C=O) groups is 1. The molecule has 1 aromatic rings. The van der Waals surface area contributed by atoms with Crippen molar-refractivity contribution >= 4 is 18.2 Å². The predicted molar refractivity (Wildman–Crippen MR) is 38.6 cm³/mol. The van der Waals surface area contributed by atoms with E-state index < -0.39 is 5.97 Å². The SMILES string of the molecule is O=C(O)c1cc[nH]c(=S)c1. The van der Waals surface area contributed by atoms with E-state index in [9.17, 15) is 4.79 Å². The molecule has 0 aliphatic carbocycles. The first-order chi connectivity index (χ1) is 4.70. The Morgan fingerprint density at radius 3 is 2.80 bits per heavy atom. The lowest BCUT2D eigenvalue weighted by Crippen LogP contribution is -1.95. The van der Waals surface area contributed by atoms with E-state index in [1.807, 2.05) is 0 Å². The van der Waals surface area contributed by atoms with Crippen LogP contribution < -0.4 is 0 Å². The summed E-state index contributed by atoms with van der Waals surface area (Å²) in [5.41, 5.74) is 0.212. The zero-order valence-electron chi connectivity index (χ0n) is 5.00. The number of aromatic amines is 1. The van der Waals surface area contributed by atoms with Crippen LogP contribution in [0.2, 0.25) is 0 Å². The van der Waals surface area contributed by atoms with Crippen LogP contribution in [0.3, 0.4) is 0 Å². The summed E-state index contributed by atoms with van der Waals surface area (Å²) in [6.45, 7) is 0. The third-order valence-electron chi connectivity index (χ3n) is 1.02. The number of pyridine rings is 1. The lowest BCUT2D eigenvalue weighted by atomic mass is 10.3. The minimum Gasteiger partial charge on any atom is -0.478 e. The smallest absolute Gasteiger partial charge is 0.335 e. The average Bonchev–Trinajstić information content (AvgIpc) is 1.88. The highest BCUT2D eigenvalue weighted by molar-refractivity contribution is 7.71. The van der Waals surface area contributed by atoms with Crippen LogP contribution in [0.25, 0.3) is 0 Å².